The SMILES string of the molecule is COCCNCc1ccc(N(CCO)C2CCC2)cc1Br. The van der Waals surface area contributed by atoms with Crippen LogP contribution in [0.4, 0.5) is 5.69 Å². The smallest absolute Gasteiger partial charge is 0.0606 e. The Morgan fingerprint density at radius 1 is 1.43 bits per heavy atom. The fraction of sp³-hybridized carbons (Fsp3) is 0.625. The molecule has 2 rings (SSSR count). The highest BCUT2D eigenvalue weighted by atomic mass is 79.9. The summed E-state index contributed by atoms with van der Waals surface area (Å²) in [4.78, 5) is 2.33. The maximum absolute atomic E-state index is 9.28. The van der Waals surface area contributed by atoms with Crippen LogP contribution >= 0.6 is 15.9 Å². The molecule has 0 spiro atoms. The maximum atomic E-state index is 9.28. The molecule has 0 aromatic heterocycles. The zero-order valence-electron chi connectivity index (χ0n) is 12.6. The zero-order valence-corrected chi connectivity index (χ0v) is 14.2. The van der Waals surface area contributed by atoms with Gasteiger partial charge in [0.05, 0.1) is 13.2 Å². The zero-order chi connectivity index (χ0) is 15.1. The van der Waals surface area contributed by atoms with Crippen molar-refractivity contribution in [1.29, 1.82) is 0 Å². The first-order valence-electron chi connectivity index (χ1n) is 7.62. The van der Waals surface area contributed by atoms with E-state index in [-0.39, 0.29) is 6.61 Å². The van der Waals surface area contributed by atoms with Crippen LogP contribution < -0.4 is 10.2 Å². The number of aliphatic hydroxyl groups excluding tert-OH is 1. The first-order valence-corrected chi connectivity index (χ1v) is 8.41. The van der Waals surface area contributed by atoms with Crippen molar-refractivity contribution in [2.75, 3.05) is 38.3 Å². The average molecular weight is 357 g/mol. The van der Waals surface area contributed by atoms with Crippen molar-refractivity contribution >= 4 is 21.6 Å². The van der Waals surface area contributed by atoms with E-state index in [0.29, 0.717) is 12.6 Å². The van der Waals surface area contributed by atoms with Gasteiger partial charge in [-0.2, -0.15) is 0 Å². The lowest BCUT2D eigenvalue weighted by Gasteiger charge is -2.39. The van der Waals surface area contributed by atoms with E-state index in [1.165, 1.54) is 30.5 Å². The summed E-state index contributed by atoms with van der Waals surface area (Å²) >= 11 is 3.66. The lowest BCUT2D eigenvalue weighted by Crippen LogP contribution is -2.42. The van der Waals surface area contributed by atoms with Crippen LogP contribution in [0.1, 0.15) is 24.8 Å². The van der Waals surface area contributed by atoms with Crippen LogP contribution in [-0.2, 0) is 11.3 Å². The number of nitrogens with one attached hydrogen (secondary N) is 1. The molecule has 2 N–H and O–H groups in total. The third kappa shape index (κ3) is 4.68. The molecule has 1 aliphatic carbocycles. The van der Waals surface area contributed by atoms with Gasteiger partial charge >= 0.3 is 0 Å². The monoisotopic (exact) mass is 356 g/mol. The minimum Gasteiger partial charge on any atom is -0.395 e. The Kier molecular flexibility index (Phi) is 6.96. The van der Waals surface area contributed by atoms with E-state index >= 15 is 0 Å². The molecule has 0 atom stereocenters. The first-order chi connectivity index (χ1) is 10.3. The summed E-state index contributed by atoms with van der Waals surface area (Å²) in [5.41, 5.74) is 2.44. The second kappa shape index (κ2) is 8.73. The molecule has 1 saturated carbocycles. The second-order valence-corrected chi connectivity index (χ2v) is 6.30. The van der Waals surface area contributed by atoms with Gasteiger partial charge in [0.15, 0.2) is 0 Å². The molecule has 0 radical (unpaired) electrons. The standard InChI is InChI=1S/C16H25BrN2O2/c1-21-10-7-18-12-13-5-6-15(11-16(13)17)19(8-9-20)14-3-2-4-14/h5-6,11,14,18,20H,2-4,7-10,12H2,1H3. The molecule has 0 unspecified atom stereocenters. The predicted molar refractivity (Wildman–Crippen MR) is 89.8 cm³/mol. The quantitative estimate of drug-likeness (QED) is 0.667. The van der Waals surface area contributed by atoms with Crippen molar-refractivity contribution in [2.24, 2.45) is 0 Å². The summed E-state index contributed by atoms with van der Waals surface area (Å²) in [6, 6.07) is 7.07. The Hall–Kier alpha value is -0.620. The number of halogens is 1. The van der Waals surface area contributed by atoms with Gasteiger partial charge in [0.25, 0.3) is 0 Å². The van der Waals surface area contributed by atoms with Gasteiger partial charge < -0.3 is 20.1 Å². The van der Waals surface area contributed by atoms with Gasteiger partial charge in [0.2, 0.25) is 0 Å². The molecule has 0 bridgehead atoms. The molecule has 0 heterocycles. The van der Waals surface area contributed by atoms with Crippen LogP contribution in [0.15, 0.2) is 22.7 Å². The molecule has 1 aromatic carbocycles. The van der Waals surface area contributed by atoms with Crippen LogP contribution in [0.25, 0.3) is 0 Å². The number of anilines is 1. The van der Waals surface area contributed by atoms with E-state index in [0.717, 1.165) is 24.2 Å². The first kappa shape index (κ1) is 16.7. The number of methoxy groups -OCH3 is 1. The van der Waals surface area contributed by atoms with Crippen molar-refractivity contribution in [3.63, 3.8) is 0 Å². The average Bonchev–Trinajstić information content (AvgIpc) is 2.42. The minimum absolute atomic E-state index is 0.203. The normalized spacial score (nSPS) is 15.0. The van der Waals surface area contributed by atoms with Crippen LogP contribution in [0, 0.1) is 0 Å². The van der Waals surface area contributed by atoms with E-state index < -0.39 is 0 Å². The topological polar surface area (TPSA) is 44.7 Å². The van der Waals surface area contributed by atoms with Gasteiger partial charge in [-0.05, 0) is 37.0 Å². The molecule has 0 saturated heterocycles. The number of benzene rings is 1. The summed E-state index contributed by atoms with van der Waals surface area (Å²) in [5, 5.41) is 12.6. The van der Waals surface area contributed by atoms with Gasteiger partial charge in [-0.25, -0.2) is 0 Å². The van der Waals surface area contributed by atoms with Gasteiger partial charge in [0.1, 0.15) is 0 Å². The van der Waals surface area contributed by atoms with Gasteiger partial charge in [-0.3, -0.25) is 0 Å². The Balaban J connectivity index is 1.99. The van der Waals surface area contributed by atoms with E-state index in [1.807, 2.05) is 0 Å². The highest BCUT2D eigenvalue weighted by molar-refractivity contribution is 9.10. The van der Waals surface area contributed by atoms with Gasteiger partial charge in [0, 0.05) is 42.9 Å². The van der Waals surface area contributed by atoms with Crippen LogP contribution in [-0.4, -0.2) is 44.6 Å². The van der Waals surface area contributed by atoms with E-state index in [9.17, 15) is 5.11 Å². The number of hydrogen-bond donors (Lipinski definition) is 2. The molecular weight excluding hydrogens is 332 g/mol. The molecule has 21 heavy (non-hydrogen) atoms. The fourth-order valence-corrected chi connectivity index (χ4v) is 3.09. The Labute approximate surface area is 135 Å². The number of hydrogen-bond acceptors (Lipinski definition) is 4. The maximum Gasteiger partial charge on any atom is 0.0606 e. The highest BCUT2D eigenvalue weighted by Gasteiger charge is 2.25. The number of nitrogens with zero attached hydrogens (tertiary/aromatic N) is 1. The summed E-state index contributed by atoms with van der Waals surface area (Å²) in [6.45, 7) is 3.32. The highest BCUT2D eigenvalue weighted by Crippen LogP contribution is 2.31. The van der Waals surface area contributed by atoms with Crippen LogP contribution in [0.2, 0.25) is 0 Å². The van der Waals surface area contributed by atoms with Gasteiger partial charge in [-0.1, -0.05) is 22.0 Å². The lowest BCUT2D eigenvalue weighted by atomic mass is 9.91. The third-order valence-electron chi connectivity index (χ3n) is 4.02. The molecule has 1 fully saturated rings. The predicted octanol–water partition coefficient (Wildman–Crippen LogP) is 2.54. The van der Waals surface area contributed by atoms with E-state index in [4.69, 9.17) is 4.74 Å². The van der Waals surface area contributed by atoms with Crippen LogP contribution in [0.3, 0.4) is 0 Å². The van der Waals surface area contributed by atoms with Crippen molar-refractivity contribution in [2.45, 2.75) is 31.8 Å². The van der Waals surface area contributed by atoms with E-state index in [1.54, 1.807) is 7.11 Å². The second-order valence-electron chi connectivity index (χ2n) is 5.45. The Morgan fingerprint density at radius 3 is 2.81 bits per heavy atom. The van der Waals surface area contributed by atoms with Crippen LogP contribution in [0.5, 0.6) is 0 Å². The van der Waals surface area contributed by atoms with Crippen molar-refractivity contribution < 1.29 is 9.84 Å². The van der Waals surface area contributed by atoms with Crippen molar-refractivity contribution in [1.82, 2.24) is 5.32 Å². The fourth-order valence-electron chi connectivity index (χ4n) is 2.58. The lowest BCUT2D eigenvalue weighted by molar-refractivity contribution is 0.199. The molecule has 118 valence electrons. The number of ether oxygens (including phenoxy) is 1. The molecule has 4 nitrogen and oxygen atoms in total. The number of rotatable bonds is 9. The number of aliphatic hydroxyl groups is 1. The largest absolute Gasteiger partial charge is 0.395 e. The molecular formula is C16H25BrN2O2. The summed E-state index contributed by atoms with van der Waals surface area (Å²) in [5.74, 6) is 0. The summed E-state index contributed by atoms with van der Waals surface area (Å²) < 4.78 is 6.15. The molecule has 0 amide bonds. The van der Waals surface area contributed by atoms with E-state index in [2.05, 4.69) is 44.3 Å². The molecule has 0 aliphatic heterocycles. The minimum atomic E-state index is 0.203. The molecule has 5 heteroatoms. The summed E-state index contributed by atoms with van der Waals surface area (Å²) in [7, 11) is 1.71. The van der Waals surface area contributed by atoms with Gasteiger partial charge in [-0.15, -0.1) is 0 Å². The van der Waals surface area contributed by atoms with Crippen molar-refractivity contribution in [3.8, 4) is 0 Å². The van der Waals surface area contributed by atoms with Crippen molar-refractivity contribution in [3.05, 3.63) is 28.2 Å². The third-order valence-corrected chi connectivity index (χ3v) is 4.76. The molecule has 1 aliphatic rings. The summed E-state index contributed by atoms with van der Waals surface area (Å²) in [6.07, 6.45) is 3.77. The molecule has 1 aromatic rings. The Bertz CT molecular complexity index is 438. The Morgan fingerprint density at radius 2 is 2.24 bits per heavy atom.